The summed E-state index contributed by atoms with van der Waals surface area (Å²) in [6.45, 7) is 0. The van der Waals surface area contributed by atoms with Gasteiger partial charge in [0.15, 0.2) is 14.6 Å². The van der Waals surface area contributed by atoms with Crippen LogP contribution in [0.25, 0.3) is 0 Å². The van der Waals surface area contributed by atoms with Crippen LogP contribution in [0.2, 0.25) is 0 Å². The van der Waals surface area contributed by atoms with Crippen LogP contribution >= 0.6 is 0 Å². The molecule has 0 aromatic heterocycles. The molecule has 0 amide bonds. The van der Waals surface area contributed by atoms with Crippen molar-refractivity contribution in [3.8, 4) is 6.07 Å². The Labute approximate surface area is 117 Å². The van der Waals surface area contributed by atoms with Crippen molar-refractivity contribution in [2.45, 2.75) is 48.2 Å². The SMILES string of the molecule is N#CC1(S(=O)(=O)c2ccc(F)cc2F)CCCCCC1. The highest BCUT2D eigenvalue weighted by atomic mass is 32.2. The van der Waals surface area contributed by atoms with Gasteiger partial charge in [0, 0.05) is 6.07 Å². The van der Waals surface area contributed by atoms with Gasteiger partial charge in [-0.25, -0.2) is 17.2 Å². The predicted molar refractivity (Wildman–Crippen MR) is 69.6 cm³/mol. The summed E-state index contributed by atoms with van der Waals surface area (Å²) in [5, 5.41) is 9.38. The number of rotatable bonds is 2. The van der Waals surface area contributed by atoms with Crippen LogP contribution in [-0.2, 0) is 9.84 Å². The molecule has 0 radical (unpaired) electrons. The molecule has 0 aliphatic heterocycles. The van der Waals surface area contributed by atoms with Gasteiger partial charge in [-0.05, 0) is 25.0 Å². The van der Waals surface area contributed by atoms with Crippen molar-refractivity contribution >= 4 is 9.84 Å². The molecule has 0 spiro atoms. The van der Waals surface area contributed by atoms with Crippen LogP contribution in [-0.4, -0.2) is 13.2 Å². The molecule has 1 aromatic carbocycles. The molecule has 20 heavy (non-hydrogen) atoms. The second kappa shape index (κ2) is 5.49. The van der Waals surface area contributed by atoms with Crippen LogP contribution < -0.4 is 0 Å². The minimum Gasteiger partial charge on any atom is -0.222 e. The maximum atomic E-state index is 13.8. The van der Waals surface area contributed by atoms with Crippen molar-refractivity contribution in [1.82, 2.24) is 0 Å². The monoisotopic (exact) mass is 299 g/mol. The summed E-state index contributed by atoms with van der Waals surface area (Å²) in [4.78, 5) is -0.581. The number of benzene rings is 1. The molecule has 1 aliphatic rings. The first-order valence-corrected chi connectivity index (χ1v) is 8.02. The normalized spacial score (nSPS) is 19.1. The lowest BCUT2D eigenvalue weighted by Crippen LogP contribution is -2.37. The minimum atomic E-state index is -4.15. The molecule has 3 nitrogen and oxygen atoms in total. The van der Waals surface area contributed by atoms with Crippen LogP contribution in [0.5, 0.6) is 0 Å². The van der Waals surface area contributed by atoms with Crippen LogP contribution in [0.1, 0.15) is 38.5 Å². The first kappa shape index (κ1) is 14.9. The standard InChI is InChI=1S/C14H15F2NO2S/c15-11-5-6-13(12(16)9-11)20(18,19)14(10-17)7-3-1-2-4-8-14/h5-6,9H,1-4,7-8H2. The molecule has 0 bridgehead atoms. The van der Waals surface area contributed by atoms with Crippen LogP contribution in [0, 0.1) is 23.0 Å². The van der Waals surface area contributed by atoms with Gasteiger partial charge >= 0.3 is 0 Å². The molecule has 1 aromatic rings. The van der Waals surface area contributed by atoms with Gasteiger partial charge in [-0.2, -0.15) is 5.26 Å². The average Bonchev–Trinajstić information content (AvgIpc) is 2.64. The number of nitrogens with zero attached hydrogens (tertiary/aromatic N) is 1. The van der Waals surface area contributed by atoms with Gasteiger partial charge in [0.2, 0.25) is 0 Å². The molecule has 0 saturated heterocycles. The summed E-state index contributed by atoms with van der Waals surface area (Å²) >= 11 is 0. The molecule has 0 unspecified atom stereocenters. The number of hydrogen-bond acceptors (Lipinski definition) is 3. The number of sulfone groups is 1. The van der Waals surface area contributed by atoms with Crippen molar-refractivity contribution in [3.63, 3.8) is 0 Å². The summed E-state index contributed by atoms with van der Waals surface area (Å²) in [6.07, 6.45) is 3.37. The van der Waals surface area contributed by atoms with E-state index in [1.54, 1.807) is 0 Å². The van der Waals surface area contributed by atoms with Crippen LogP contribution in [0.15, 0.2) is 23.1 Å². The predicted octanol–water partition coefficient (Wildman–Crippen LogP) is 3.36. The Morgan fingerprint density at radius 3 is 2.20 bits per heavy atom. The van der Waals surface area contributed by atoms with Crippen LogP contribution in [0.4, 0.5) is 8.78 Å². The van der Waals surface area contributed by atoms with Gasteiger partial charge in [-0.3, -0.25) is 0 Å². The molecule has 1 aliphatic carbocycles. The molecule has 6 heteroatoms. The fourth-order valence-corrected chi connectivity index (χ4v) is 4.57. The highest BCUT2D eigenvalue weighted by Gasteiger charge is 2.46. The zero-order chi connectivity index (χ0) is 14.8. The number of halogens is 2. The Kier molecular flexibility index (Phi) is 4.09. The van der Waals surface area contributed by atoms with E-state index in [2.05, 4.69) is 0 Å². The second-order valence-electron chi connectivity index (χ2n) is 5.10. The van der Waals surface area contributed by atoms with E-state index < -0.39 is 31.1 Å². The van der Waals surface area contributed by atoms with E-state index in [1.807, 2.05) is 6.07 Å². The van der Waals surface area contributed by atoms with Crippen molar-refractivity contribution in [1.29, 1.82) is 5.26 Å². The van der Waals surface area contributed by atoms with Crippen molar-refractivity contribution in [2.75, 3.05) is 0 Å². The van der Waals surface area contributed by atoms with Crippen molar-refractivity contribution in [3.05, 3.63) is 29.8 Å². The highest BCUT2D eigenvalue weighted by molar-refractivity contribution is 7.93. The molecule has 2 rings (SSSR count). The largest absolute Gasteiger partial charge is 0.222 e. The molecule has 0 atom stereocenters. The third kappa shape index (κ3) is 2.42. The molecule has 0 heterocycles. The summed E-state index contributed by atoms with van der Waals surface area (Å²) in [5.74, 6) is -1.97. The summed E-state index contributed by atoms with van der Waals surface area (Å²) in [5.41, 5.74) is 0. The third-order valence-corrected chi connectivity index (χ3v) is 6.25. The van der Waals surface area contributed by atoms with E-state index >= 15 is 0 Å². The maximum Gasteiger partial charge on any atom is 0.200 e. The van der Waals surface area contributed by atoms with E-state index in [9.17, 15) is 22.5 Å². The minimum absolute atomic E-state index is 0.197. The zero-order valence-electron chi connectivity index (χ0n) is 10.9. The first-order chi connectivity index (χ1) is 9.43. The molecule has 1 fully saturated rings. The van der Waals surface area contributed by atoms with E-state index in [1.165, 1.54) is 0 Å². The number of nitriles is 1. The van der Waals surface area contributed by atoms with Gasteiger partial charge in [-0.1, -0.05) is 25.7 Å². The van der Waals surface area contributed by atoms with Crippen molar-refractivity contribution < 1.29 is 17.2 Å². The fourth-order valence-electron chi connectivity index (χ4n) is 2.64. The third-order valence-electron chi connectivity index (χ3n) is 3.81. The lowest BCUT2D eigenvalue weighted by atomic mass is 10.0. The van der Waals surface area contributed by atoms with E-state index in [4.69, 9.17) is 0 Å². The average molecular weight is 299 g/mol. The zero-order valence-corrected chi connectivity index (χ0v) is 11.7. The molecule has 1 saturated carbocycles. The fraction of sp³-hybridized carbons (Fsp3) is 0.500. The van der Waals surface area contributed by atoms with Crippen LogP contribution in [0.3, 0.4) is 0 Å². The van der Waals surface area contributed by atoms with Gasteiger partial charge < -0.3 is 0 Å². The van der Waals surface area contributed by atoms with Gasteiger partial charge in [0.1, 0.15) is 16.5 Å². The Balaban J connectivity index is 2.54. The summed E-state index contributed by atoms with van der Waals surface area (Å²) < 4.78 is 50.4. The first-order valence-electron chi connectivity index (χ1n) is 6.54. The van der Waals surface area contributed by atoms with Gasteiger partial charge in [0.05, 0.1) is 6.07 Å². The Hall–Kier alpha value is -1.48. The summed E-state index contributed by atoms with van der Waals surface area (Å²) in [7, 11) is -4.15. The van der Waals surface area contributed by atoms with Crippen molar-refractivity contribution in [2.24, 2.45) is 0 Å². The van der Waals surface area contributed by atoms with E-state index in [-0.39, 0.29) is 12.8 Å². The smallest absolute Gasteiger partial charge is 0.200 e. The molecular weight excluding hydrogens is 284 g/mol. The maximum absolute atomic E-state index is 13.8. The molecule has 108 valence electrons. The second-order valence-corrected chi connectivity index (χ2v) is 7.33. The lowest BCUT2D eigenvalue weighted by Gasteiger charge is -2.25. The van der Waals surface area contributed by atoms with E-state index in [0.717, 1.165) is 25.0 Å². The Bertz CT molecular complexity index is 642. The molecule has 0 N–H and O–H groups in total. The quantitative estimate of drug-likeness (QED) is 0.621. The van der Waals surface area contributed by atoms with Gasteiger partial charge in [-0.15, -0.1) is 0 Å². The number of hydrogen-bond donors (Lipinski definition) is 0. The molecular formula is C14H15F2NO2S. The summed E-state index contributed by atoms with van der Waals surface area (Å²) in [6, 6.07) is 4.23. The van der Waals surface area contributed by atoms with Gasteiger partial charge in [0.25, 0.3) is 0 Å². The Morgan fingerprint density at radius 2 is 1.70 bits per heavy atom. The van der Waals surface area contributed by atoms with E-state index in [0.29, 0.717) is 18.9 Å². The lowest BCUT2D eigenvalue weighted by molar-refractivity contribution is 0.508. The highest BCUT2D eigenvalue weighted by Crippen LogP contribution is 2.38. The topological polar surface area (TPSA) is 57.9 Å². The Morgan fingerprint density at radius 1 is 1.10 bits per heavy atom.